The molecule has 0 aliphatic carbocycles. The van der Waals surface area contributed by atoms with Crippen LogP contribution in [0.4, 0.5) is 0 Å². The molecule has 33 heavy (non-hydrogen) atoms. The van der Waals surface area contributed by atoms with Crippen LogP contribution in [0.15, 0.2) is 54.6 Å². The summed E-state index contributed by atoms with van der Waals surface area (Å²) < 4.78 is 18.1. The molecule has 0 aliphatic rings. The lowest BCUT2D eigenvalue weighted by atomic mass is 10.1. The molecular formula is C24H25N5O4. The predicted molar refractivity (Wildman–Crippen MR) is 123 cm³/mol. The van der Waals surface area contributed by atoms with Gasteiger partial charge < -0.3 is 19.5 Å². The van der Waals surface area contributed by atoms with Gasteiger partial charge in [0.25, 0.3) is 0 Å². The topological polar surface area (TPSA) is 99.9 Å². The van der Waals surface area contributed by atoms with Crippen molar-refractivity contribution >= 4 is 11.6 Å². The first kappa shape index (κ1) is 22.1. The molecule has 1 N–H and O–H groups in total. The van der Waals surface area contributed by atoms with Crippen LogP contribution in [0.3, 0.4) is 0 Å². The van der Waals surface area contributed by atoms with Crippen LogP contribution in [-0.4, -0.2) is 53.1 Å². The molecule has 0 aliphatic heterocycles. The Morgan fingerprint density at radius 3 is 2.58 bits per heavy atom. The number of methoxy groups -OCH3 is 2. The average Bonchev–Trinajstić information content (AvgIpc) is 3.26. The molecule has 1 amide bonds. The molecule has 4 rings (SSSR count). The van der Waals surface area contributed by atoms with Crippen molar-refractivity contribution in [3.8, 4) is 28.8 Å². The third-order valence-corrected chi connectivity index (χ3v) is 5.05. The molecule has 2 aromatic carbocycles. The number of nitrogens with one attached hydrogen (secondary N) is 1. The van der Waals surface area contributed by atoms with Gasteiger partial charge in [-0.3, -0.25) is 4.79 Å². The molecule has 0 spiro atoms. The predicted octanol–water partition coefficient (Wildman–Crippen LogP) is 2.85. The lowest BCUT2D eigenvalue weighted by Crippen LogP contribution is -2.29. The first-order valence-corrected chi connectivity index (χ1v) is 10.5. The number of aryl methyl sites for hydroxylation is 1. The van der Waals surface area contributed by atoms with E-state index in [9.17, 15) is 4.79 Å². The van der Waals surface area contributed by atoms with Gasteiger partial charge in [0.15, 0.2) is 11.5 Å². The van der Waals surface area contributed by atoms with Gasteiger partial charge >= 0.3 is 0 Å². The highest BCUT2D eigenvalue weighted by molar-refractivity contribution is 5.78. The number of hydrogen-bond donors (Lipinski definition) is 1. The number of nitrogens with zero attached hydrogens (tertiary/aromatic N) is 4. The van der Waals surface area contributed by atoms with Gasteiger partial charge in [-0.1, -0.05) is 29.8 Å². The third-order valence-electron chi connectivity index (χ3n) is 5.05. The van der Waals surface area contributed by atoms with E-state index >= 15 is 0 Å². The van der Waals surface area contributed by atoms with Crippen LogP contribution >= 0.6 is 0 Å². The van der Waals surface area contributed by atoms with Gasteiger partial charge in [0.1, 0.15) is 18.1 Å². The van der Waals surface area contributed by atoms with Crippen molar-refractivity contribution < 1.29 is 19.0 Å². The Kier molecular flexibility index (Phi) is 6.68. The van der Waals surface area contributed by atoms with Crippen molar-refractivity contribution in [2.45, 2.75) is 13.3 Å². The standard InChI is InChI=1S/C24H25N5O4/c1-16-4-6-17(7-5-16)14-22(30)25-12-13-33-23-11-10-21-26-27-24(29(21)28-23)19-15-18(31-2)8-9-20(19)32-3/h4-11,15H,12-14H2,1-3H3,(H,25,30). The normalized spacial score (nSPS) is 10.8. The second-order valence-electron chi connectivity index (χ2n) is 7.39. The van der Waals surface area contributed by atoms with E-state index in [4.69, 9.17) is 14.2 Å². The Hall–Kier alpha value is -4.14. The van der Waals surface area contributed by atoms with Gasteiger partial charge in [-0.2, -0.15) is 4.52 Å². The Morgan fingerprint density at radius 2 is 1.82 bits per heavy atom. The summed E-state index contributed by atoms with van der Waals surface area (Å²) >= 11 is 0. The Bertz CT molecular complexity index is 1250. The van der Waals surface area contributed by atoms with Crippen molar-refractivity contribution in [1.29, 1.82) is 0 Å². The summed E-state index contributed by atoms with van der Waals surface area (Å²) in [6.07, 6.45) is 0.330. The van der Waals surface area contributed by atoms with Crippen LogP contribution in [0.25, 0.3) is 17.0 Å². The molecule has 4 aromatic rings. The smallest absolute Gasteiger partial charge is 0.231 e. The number of benzene rings is 2. The molecule has 0 saturated carbocycles. The summed E-state index contributed by atoms with van der Waals surface area (Å²) in [5.74, 6) is 2.11. The van der Waals surface area contributed by atoms with Crippen LogP contribution in [0.1, 0.15) is 11.1 Å². The Morgan fingerprint density at radius 1 is 1.00 bits per heavy atom. The molecule has 0 radical (unpaired) electrons. The molecule has 0 unspecified atom stereocenters. The Labute approximate surface area is 191 Å². The van der Waals surface area contributed by atoms with E-state index in [-0.39, 0.29) is 12.5 Å². The number of hydrogen-bond acceptors (Lipinski definition) is 7. The summed E-state index contributed by atoms with van der Waals surface area (Å²) in [5.41, 5.74) is 3.39. The first-order chi connectivity index (χ1) is 16.1. The summed E-state index contributed by atoms with van der Waals surface area (Å²) in [5, 5.41) is 15.8. The summed E-state index contributed by atoms with van der Waals surface area (Å²) in [7, 11) is 3.18. The molecule has 0 saturated heterocycles. The van der Waals surface area contributed by atoms with Gasteiger partial charge in [0.05, 0.1) is 32.7 Å². The van der Waals surface area contributed by atoms with Crippen molar-refractivity contribution in [3.63, 3.8) is 0 Å². The van der Waals surface area contributed by atoms with E-state index in [1.54, 1.807) is 43.0 Å². The van der Waals surface area contributed by atoms with E-state index in [0.717, 1.165) is 11.1 Å². The fourth-order valence-electron chi connectivity index (χ4n) is 3.31. The van der Waals surface area contributed by atoms with Crippen LogP contribution in [0, 0.1) is 6.92 Å². The molecule has 0 fully saturated rings. The lowest BCUT2D eigenvalue weighted by molar-refractivity contribution is -0.120. The molecule has 170 valence electrons. The molecule has 0 atom stereocenters. The Balaban J connectivity index is 1.40. The number of ether oxygens (including phenoxy) is 3. The molecular weight excluding hydrogens is 422 g/mol. The first-order valence-electron chi connectivity index (χ1n) is 10.5. The fraction of sp³-hybridized carbons (Fsp3) is 0.250. The molecule has 9 heteroatoms. The van der Waals surface area contributed by atoms with Gasteiger partial charge in [-0.25, -0.2) is 0 Å². The minimum Gasteiger partial charge on any atom is -0.497 e. The zero-order chi connectivity index (χ0) is 23.2. The maximum Gasteiger partial charge on any atom is 0.231 e. The molecule has 2 heterocycles. The van der Waals surface area contributed by atoms with Crippen molar-refractivity contribution in [2.75, 3.05) is 27.4 Å². The average molecular weight is 447 g/mol. The van der Waals surface area contributed by atoms with Crippen LogP contribution < -0.4 is 19.5 Å². The maximum atomic E-state index is 12.1. The van der Waals surface area contributed by atoms with Gasteiger partial charge in [-0.15, -0.1) is 15.3 Å². The van der Waals surface area contributed by atoms with Gasteiger partial charge in [0.2, 0.25) is 11.8 Å². The van der Waals surface area contributed by atoms with Crippen LogP contribution in [-0.2, 0) is 11.2 Å². The number of fused-ring (bicyclic) bond motifs is 1. The highest BCUT2D eigenvalue weighted by Gasteiger charge is 2.16. The van der Waals surface area contributed by atoms with Crippen molar-refractivity contribution in [2.24, 2.45) is 0 Å². The minimum absolute atomic E-state index is 0.0583. The third kappa shape index (κ3) is 5.20. The van der Waals surface area contributed by atoms with E-state index in [1.165, 1.54) is 0 Å². The molecule has 9 nitrogen and oxygen atoms in total. The number of rotatable bonds is 9. The van der Waals surface area contributed by atoms with Gasteiger partial charge in [0, 0.05) is 6.07 Å². The summed E-state index contributed by atoms with van der Waals surface area (Å²) in [6, 6.07) is 16.8. The monoisotopic (exact) mass is 447 g/mol. The highest BCUT2D eigenvalue weighted by Crippen LogP contribution is 2.32. The number of carbonyl (C=O) groups excluding carboxylic acids is 1. The highest BCUT2D eigenvalue weighted by atomic mass is 16.5. The van der Waals surface area contributed by atoms with E-state index in [1.807, 2.05) is 37.3 Å². The maximum absolute atomic E-state index is 12.1. The molecule has 2 aromatic heterocycles. The summed E-state index contributed by atoms with van der Waals surface area (Å²) in [6.45, 7) is 2.66. The zero-order valence-electron chi connectivity index (χ0n) is 18.7. The second kappa shape index (κ2) is 9.99. The second-order valence-corrected chi connectivity index (χ2v) is 7.39. The SMILES string of the molecule is COc1ccc(OC)c(-c2nnc3ccc(OCCNC(=O)Cc4ccc(C)cc4)nn23)c1. The zero-order valence-corrected chi connectivity index (χ0v) is 18.7. The minimum atomic E-state index is -0.0583. The van der Waals surface area contributed by atoms with Crippen LogP contribution in [0.2, 0.25) is 0 Å². The number of carbonyl (C=O) groups is 1. The van der Waals surface area contributed by atoms with E-state index in [0.29, 0.717) is 47.4 Å². The van der Waals surface area contributed by atoms with E-state index < -0.39 is 0 Å². The van der Waals surface area contributed by atoms with Gasteiger partial charge in [-0.05, 0) is 36.8 Å². The van der Waals surface area contributed by atoms with Crippen LogP contribution in [0.5, 0.6) is 17.4 Å². The number of amides is 1. The van der Waals surface area contributed by atoms with E-state index in [2.05, 4.69) is 20.6 Å². The largest absolute Gasteiger partial charge is 0.497 e. The number of aromatic nitrogens is 4. The fourth-order valence-corrected chi connectivity index (χ4v) is 3.31. The van der Waals surface area contributed by atoms with Crippen molar-refractivity contribution in [3.05, 3.63) is 65.7 Å². The quantitative estimate of drug-likeness (QED) is 0.394. The molecule has 0 bridgehead atoms. The van der Waals surface area contributed by atoms with Crippen molar-refractivity contribution in [1.82, 2.24) is 25.1 Å². The summed E-state index contributed by atoms with van der Waals surface area (Å²) in [4.78, 5) is 12.1. The lowest BCUT2D eigenvalue weighted by Gasteiger charge is -2.10.